The molecular formula is C17H26FN3OS. The number of carbonyl (C=O) groups excluding carboxylic acids is 1. The Labute approximate surface area is 142 Å². The molecule has 0 spiro atoms. The molecule has 1 N–H and O–H groups in total. The third-order valence-corrected chi connectivity index (χ3v) is 4.69. The highest BCUT2D eigenvalue weighted by Gasteiger charge is 2.26. The van der Waals surface area contributed by atoms with E-state index in [1.54, 1.807) is 23.9 Å². The minimum absolute atomic E-state index is 0.0225. The van der Waals surface area contributed by atoms with Crippen LogP contribution in [-0.4, -0.2) is 55.8 Å². The highest BCUT2D eigenvalue weighted by Crippen LogP contribution is 2.18. The number of benzene rings is 1. The molecule has 4 nitrogen and oxygen atoms in total. The Morgan fingerprint density at radius 3 is 2.91 bits per heavy atom. The van der Waals surface area contributed by atoms with Gasteiger partial charge in [-0.15, -0.1) is 0 Å². The molecule has 0 unspecified atom stereocenters. The third kappa shape index (κ3) is 5.39. The molecule has 1 atom stereocenters. The molecule has 0 aliphatic carbocycles. The summed E-state index contributed by atoms with van der Waals surface area (Å²) in [6.07, 6.45) is 3.04. The van der Waals surface area contributed by atoms with Gasteiger partial charge in [0.05, 0.1) is 0 Å². The second kappa shape index (κ2) is 8.55. The van der Waals surface area contributed by atoms with Gasteiger partial charge in [0.15, 0.2) is 0 Å². The Kier molecular flexibility index (Phi) is 6.72. The first-order valence-corrected chi connectivity index (χ1v) is 9.32. The third-order valence-electron chi connectivity index (χ3n) is 4.09. The molecule has 0 bridgehead atoms. The van der Waals surface area contributed by atoms with Crippen LogP contribution in [0.4, 0.5) is 9.18 Å². The minimum Gasteiger partial charge on any atom is -0.334 e. The predicted molar refractivity (Wildman–Crippen MR) is 94.1 cm³/mol. The van der Waals surface area contributed by atoms with Crippen molar-refractivity contribution < 1.29 is 9.18 Å². The first-order valence-electron chi connectivity index (χ1n) is 7.93. The van der Waals surface area contributed by atoms with E-state index < -0.39 is 0 Å². The molecule has 0 saturated carbocycles. The average Bonchev–Trinajstić information content (AvgIpc) is 2.94. The maximum Gasteiger partial charge on any atom is 0.317 e. The maximum atomic E-state index is 13.4. The summed E-state index contributed by atoms with van der Waals surface area (Å²) in [5.74, 6) is 1.07. The van der Waals surface area contributed by atoms with Crippen molar-refractivity contribution in [3.05, 3.63) is 35.1 Å². The van der Waals surface area contributed by atoms with Crippen molar-refractivity contribution in [1.82, 2.24) is 15.1 Å². The van der Waals surface area contributed by atoms with E-state index in [0.29, 0.717) is 12.5 Å². The zero-order chi connectivity index (χ0) is 16.8. The first-order chi connectivity index (χ1) is 11.0. The van der Waals surface area contributed by atoms with Crippen LogP contribution in [0.25, 0.3) is 0 Å². The van der Waals surface area contributed by atoms with E-state index >= 15 is 0 Å². The van der Waals surface area contributed by atoms with Gasteiger partial charge < -0.3 is 15.1 Å². The predicted octanol–water partition coefficient (Wildman–Crippen LogP) is 2.78. The largest absolute Gasteiger partial charge is 0.334 e. The van der Waals surface area contributed by atoms with Crippen molar-refractivity contribution >= 4 is 17.8 Å². The fourth-order valence-corrected chi connectivity index (χ4v) is 3.60. The summed E-state index contributed by atoms with van der Waals surface area (Å²) in [7, 11) is 4.12. The van der Waals surface area contributed by atoms with Crippen LogP contribution in [0, 0.1) is 11.7 Å². The lowest BCUT2D eigenvalue weighted by molar-refractivity contribution is 0.205. The zero-order valence-electron chi connectivity index (χ0n) is 14.1. The van der Waals surface area contributed by atoms with Crippen LogP contribution in [0.3, 0.4) is 0 Å². The van der Waals surface area contributed by atoms with Gasteiger partial charge in [-0.05, 0) is 55.9 Å². The summed E-state index contributed by atoms with van der Waals surface area (Å²) < 4.78 is 13.4. The molecule has 0 aromatic heterocycles. The van der Waals surface area contributed by atoms with Crippen LogP contribution in [0.1, 0.15) is 17.5 Å². The highest BCUT2D eigenvalue weighted by atomic mass is 32.2. The summed E-state index contributed by atoms with van der Waals surface area (Å²) in [5, 5.41) is 2.97. The van der Waals surface area contributed by atoms with Gasteiger partial charge in [-0.3, -0.25) is 0 Å². The number of nitrogens with zero attached hydrogens (tertiary/aromatic N) is 2. The number of carbonyl (C=O) groups is 1. The standard InChI is InChI=1S/C17H26FN3OS/c1-20(2)10-13-6-7-21(11-13)17(22)19-9-14-4-5-16(18)8-15(14)12-23-3/h4-5,8,13H,6-7,9-12H2,1-3H3,(H,19,22)/t13-/m1/s1. The van der Waals surface area contributed by atoms with E-state index in [2.05, 4.69) is 24.3 Å². The van der Waals surface area contributed by atoms with Gasteiger partial charge in [-0.1, -0.05) is 6.07 Å². The topological polar surface area (TPSA) is 35.6 Å². The van der Waals surface area contributed by atoms with Crippen molar-refractivity contribution in [2.24, 2.45) is 5.92 Å². The summed E-state index contributed by atoms with van der Waals surface area (Å²) in [6, 6.07) is 4.75. The van der Waals surface area contributed by atoms with Crippen LogP contribution in [-0.2, 0) is 12.3 Å². The Bertz CT molecular complexity index is 539. The second-order valence-electron chi connectivity index (χ2n) is 6.37. The molecule has 23 heavy (non-hydrogen) atoms. The lowest BCUT2D eigenvalue weighted by Gasteiger charge is -2.19. The molecule has 1 aliphatic heterocycles. The van der Waals surface area contributed by atoms with Crippen molar-refractivity contribution in [3.63, 3.8) is 0 Å². The molecule has 1 aliphatic rings. The van der Waals surface area contributed by atoms with E-state index in [1.807, 2.05) is 11.2 Å². The summed E-state index contributed by atoms with van der Waals surface area (Å²) in [4.78, 5) is 16.4. The van der Waals surface area contributed by atoms with Gasteiger partial charge in [0.1, 0.15) is 5.82 Å². The fourth-order valence-electron chi connectivity index (χ4n) is 3.02. The van der Waals surface area contributed by atoms with Crippen molar-refractivity contribution in [1.29, 1.82) is 0 Å². The number of hydrogen-bond donors (Lipinski definition) is 1. The Balaban J connectivity index is 1.87. The van der Waals surface area contributed by atoms with Gasteiger partial charge >= 0.3 is 6.03 Å². The highest BCUT2D eigenvalue weighted by molar-refractivity contribution is 7.97. The Hall–Kier alpha value is -1.27. The molecule has 2 rings (SSSR count). The Morgan fingerprint density at radius 2 is 2.22 bits per heavy atom. The number of rotatable bonds is 6. The molecule has 1 aromatic carbocycles. The molecule has 1 aromatic rings. The fraction of sp³-hybridized carbons (Fsp3) is 0.588. The number of thioether (sulfide) groups is 1. The van der Waals surface area contributed by atoms with E-state index in [1.165, 1.54) is 6.07 Å². The summed E-state index contributed by atoms with van der Waals surface area (Å²) in [5.41, 5.74) is 1.93. The summed E-state index contributed by atoms with van der Waals surface area (Å²) in [6.45, 7) is 3.08. The number of nitrogens with one attached hydrogen (secondary N) is 1. The monoisotopic (exact) mass is 339 g/mol. The van der Waals surface area contributed by atoms with Crippen LogP contribution >= 0.6 is 11.8 Å². The number of halogens is 1. The van der Waals surface area contributed by atoms with Gasteiger partial charge in [-0.25, -0.2) is 9.18 Å². The minimum atomic E-state index is -0.227. The van der Waals surface area contributed by atoms with E-state index in [0.717, 1.165) is 42.9 Å². The van der Waals surface area contributed by atoms with Crippen molar-refractivity contribution in [2.75, 3.05) is 40.0 Å². The van der Waals surface area contributed by atoms with Crippen LogP contribution < -0.4 is 5.32 Å². The second-order valence-corrected chi connectivity index (χ2v) is 7.23. The van der Waals surface area contributed by atoms with Crippen LogP contribution in [0.2, 0.25) is 0 Å². The average molecular weight is 339 g/mol. The molecule has 2 amide bonds. The number of hydrogen-bond acceptors (Lipinski definition) is 3. The molecule has 1 heterocycles. The van der Waals surface area contributed by atoms with Gasteiger partial charge in [0.25, 0.3) is 0 Å². The van der Waals surface area contributed by atoms with E-state index in [4.69, 9.17) is 0 Å². The van der Waals surface area contributed by atoms with Gasteiger partial charge in [0, 0.05) is 31.9 Å². The normalized spacial score (nSPS) is 17.8. The van der Waals surface area contributed by atoms with Crippen LogP contribution in [0.15, 0.2) is 18.2 Å². The van der Waals surface area contributed by atoms with Gasteiger partial charge in [0.2, 0.25) is 0 Å². The van der Waals surface area contributed by atoms with Crippen molar-refractivity contribution in [2.45, 2.75) is 18.7 Å². The Morgan fingerprint density at radius 1 is 1.43 bits per heavy atom. The van der Waals surface area contributed by atoms with E-state index in [-0.39, 0.29) is 11.8 Å². The molecule has 1 fully saturated rings. The molecular weight excluding hydrogens is 313 g/mol. The lowest BCUT2D eigenvalue weighted by Crippen LogP contribution is -2.38. The molecule has 6 heteroatoms. The molecule has 128 valence electrons. The van der Waals surface area contributed by atoms with E-state index in [9.17, 15) is 9.18 Å². The number of amides is 2. The quantitative estimate of drug-likeness (QED) is 0.866. The van der Waals surface area contributed by atoms with Gasteiger partial charge in [-0.2, -0.15) is 11.8 Å². The maximum absolute atomic E-state index is 13.4. The lowest BCUT2D eigenvalue weighted by atomic mass is 10.1. The van der Waals surface area contributed by atoms with Crippen molar-refractivity contribution in [3.8, 4) is 0 Å². The number of urea groups is 1. The first kappa shape index (κ1) is 18.1. The molecule has 0 radical (unpaired) electrons. The summed E-state index contributed by atoms with van der Waals surface area (Å²) >= 11 is 1.65. The van der Waals surface area contributed by atoms with Crippen LogP contribution in [0.5, 0.6) is 0 Å². The zero-order valence-corrected chi connectivity index (χ0v) is 15.0. The smallest absolute Gasteiger partial charge is 0.317 e. The molecule has 1 saturated heterocycles. The number of likely N-dealkylation sites (tertiary alicyclic amines) is 1. The SMILES string of the molecule is CSCc1cc(F)ccc1CNC(=O)N1CC[C@H](CN(C)C)C1.